The number of hydrogen-bond donors (Lipinski definition) is 0. The second-order valence-electron chi connectivity index (χ2n) is 15.1. The highest BCUT2D eigenvalue weighted by Gasteiger charge is 2.24. The Bertz CT molecular complexity index is 3870. The van der Waals surface area contributed by atoms with Crippen LogP contribution in [0.15, 0.2) is 191 Å². The minimum absolute atomic E-state index is 0.555. The first kappa shape index (κ1) is 32.0. The van der Waals surface area contributed by atoms with Crippen LogP contribution in [0.3, 0.4) is 0 Å². The first-order valence-electron chi connectivity index (χ1n) is 19.8. The first-order valence-corrected chi connectivity index (χ1v) is 19.8. The van der Waals surface area contributed by atoms with Gasteiger partial charge in [-0.05, 0) is 70.1 Å². The van der Waals surface area contributed by atoms with Gasteiger partial charge in [0, 0.05) is 49.0 Å². The molecule has 0 aliphatic heterocycles. The number of rotatable bonds is 4. The fraction of sp³-hybridized carbons (Fsp3) is 0. The van der Waals surface area contributed by atoms with Crippen LogP contribution in [0.5, 0.6) is 0 Å². The molecule has 0 spiro atoms. The van der Waals surface area contributed by atoms with Gasteiger partial charge in [0.1, 0.15) is 16.7 Å². The number of para-hydroxylation sites is 3. The Morgan fingerprint density at radius 3 is 1.68 bits per heavy atom. The monoisotopic (exact) mass is 754 g/mol. The molecular weight excluding hydrogens is 725 g/mol. The predicted octanol–water partition coefficient (Wildman–Crippen LogP) is 14.1. The number of aromatic nitrogens is 4. The average Bonchev–Trinajstić information content (AvgIpc) is 3.97. The Morgan fingerprint density at radius 1 is 0.339 bits per heavy atom. The lowest BCUT2D eigenvalue weighted by Crippen LogP contribution is -2.02. The van der Waals surface area contributed by atoms with Crippen molar-refractivity contribution in [2.75, 3.05) is 0 Å². The van der Waals surface area contributed by atoms with Gasteiger partial charge in [-0.1, -0.05) is 133 Å². The molecule has 9 aromatic carbocycles. The van der Waals surface area contributed by atoms with Crippen molar-refractivity contribution in [2.45, 2.75) is 0 Å². The molecule has 13 rings (SSSR count). The van der Waals surface area contributed by atoms with Gasteiger partial charge in [0.2, 0.25) is 0 Å². The first-order chi connectivity index (χ1) is 29.2. The van der Waals surface area contributed by atoms with Crippen molar-refractivity contribution in [3.63, 3.8) is 0 Å². The standard InChI is InChI=1S/C53H30N4O2/c1-2-15-33-30-44-41(29-32(33)14-1)35-18-5-8-23-42(35)57(44)43-28-27-40(49-38-20-7-10-25-46(38)59-50(43)49)53-55-51(36-21-11-16-31-13-3-4-17-34(31)36)54-52(56-53)39-22-12-26-47-48(39)37-19-6-9-24-45(37)58-47/h1-30H. The molecule has 0 unspecified atom stereocenters. The Labute approximate surface area is 336 Å². The highest BCUT2D eigenvalue weighted by molar-refractivity contribution is 6.18. The zero-order valence-corrected chi connectivity index (χ0v) is 31.4. The lowest BCUT2D eigenvalue weighted by atomic mass is 10.0. The van der Waals surface area contributed by atoms with E-state index in [2.05, 4.69) is 144 Å². The van der Waals surface area contributed by atoms with Gasteiger partial charge >= 0.3 is 0 Å². The van der Waals surface area contributed by atoms with E-state index in [1.165, 1.54) is 21.5 Å². The van der Waals surface area contributed by atoms with Crippen LogP contribution < -0.4 is 0 Å². The number of benzene rings is 9. The number of nitrogens with zero attached hydrogens (tertiary/aromatic N) is 4. The Balaban J connectivity index is 1.13. The molecule has 4 aromatic heterocycles. The predicted molar refractivity (Wildman–Crippen MR) is 240 cm³/mol. The topological polar surface area (TPSA) is 69.9 Å². The lowest BCUT2D eigenvalue weighted by molar-refractivity contribution is 0.666. The second kappa shape index (κ2) is 12.2. The minimum Gasteiger partial charge on any atom is -0.456 e. The molecule has 0 aliphatic rings. The van der Waals surface area contributed by atoms with Crippen LogP contribution in [-0.2, 0) is 0 Å². The van der Waals surface area contributed by atoms with Crippen LogP contribution in [0.2, 0.25) is 0 Å². The zero-order valence-electron chi connectivity index (χ0n) is 31.4. The van der Waals surface area contributed by atoms with Crippen molar-refractivity contribution in [1.82, 2.24) is 19.5 Å². The molecule has 0 N–H and O–H groups in total. The van der Waals surface area contributed by atoms with Crippen LogP contribution in [-0.4, -0.2) is 19.5 Å². The normalized spacial score (nSPS) is 12.1. The fourth-order valence-electron chi connectivity index (χ4n) is 9.21. The van der Waals surface area contributed by atoms with E-state index in [1.54, 1.807) is 0 Å². The SMILES string of the molecule is c1ccc2cc3c(cc2c1)c1ccccc1n3-c1ccc(-c2nc(-c3cccc4ccccc34)nc(-c3cccc4oc5ccccc5c34)n2)c2c1oc1ccccc12. The summed E-state index contributed by atoms with van der Waals surface area (Å²) >= 11 is 0. The van der Waals surface area contributed by atoms with Crippen molar-refractivity contribution < 1.29 is 8.83 Å². The molecule has 6 heteroatoms. The Hall–Kier alpha value is -8.09. The summed E-state index contributed by atoms with van der Waals surface area (Å²) in [5.74, 6) is 1.71. The third-order valence-corrected chi connectivity index (χ3v) is 11.8. The van der Waals surface area contributed by atoms with Gasteiger partial charge < -0.3 is 13.4 Å². The molecule has 0 atom stereocenters. The van der Waals surface area contributed by atoms with E-state index < -0.39 is 0 Å². The molecule has 6 nitrogen and oxygen atoms in total. The third kappa shape index (κ3) is 4.71. The highest BCUT2D eigenvalue weighted by Crippen LogP contribution is 2.44. The van der Waals surface area contributed by atoms with Gasteiger partial charge in [0.05, 0.1) is 16.7 Å². The highest BCUT2D eigenvalue weighted by atomic mass is 16.3. The molecule has 4 heterocycles. The van der Waals surface area contributed by atoms with Crippen LogP contribution in [0.25, 0.3) is 127 Å². The third-order valence-electron chi connectivity index (χ3n) is 11.8. The quantitative estimate of drug-likeness (QED) is 0.179. The molecule has 0 fully saturated rings. The maximum Gasteiger partial charge on any atom is 0.164 e. The summed E-state index contributed by atoms with van der Waals surface area (Å²) in [5, 5.41) is 10.9. The molecule has 0 saturated carbocycles. The Kier molecular flexibility index (Phi) is 6.63. The Morgan fingerprint density at radius 2 is 0.881 bits per heavy atom. The maximum absolute atomic E-state index is 6.93. The van der Waals surface area contributed by atoms with Crippen molar-refractivity contribution in [2.24, 2.45) is 0 Å². The van der Waals surface area contributed by atoms with E-state index in [4.69, 9.17) is 23.8 Å². The van der Waals surface area contributed by atoms with E-state index in [-0.39, 0.29) is 0 Å². The van der Waals surface area contributed by atoms with E-state index in [9.17, 15) is 0 Å². The number of hydrogen-bond acceptors (Lipinski definition) is 5. The summed E-state index contributed by atoms with van der Waals surface area (Å²) in [6, 6.07) is 63.2. The van der Waals surface area contributed by atoms with Crippen LogP contribution >= 0.6 is 0 Å². The van der Waals surface area contributed by atoms with E-state index in [1.807, 2.05) is 42.5 Å². The molecule has 0 radical (unpaired) electrons. The summed E-state index contributed by atoms with van der Waals surface area (Å²) in [6.07, 6.45) is 0. The van der Waals surface area contributed by atoms with Gasteiger partial charge in [0.15, 0.2) is 23.1 Å². The lowest BCUT2D eigenvalue weighted by Gasteiger charge is -2.13. The van der Waals surface area contributed by atoms with Crippen molar-refractivity contribution in [3.8, 4) is 39.9 Å². The van der Waals surface area contributed by atoms with Gasteiger partial charge in [-0.25, -0.2) is 15.0 Å². The zero-order chi connectivity index (χ0) is 38.6. The van der Waals surface area contributed by atoms with Gasteiger partial charge in [-0.2, -0.15) is 0 Å². The molecule has 0 aliphatic carbocycles. The van der Waals surface area contributed by atoms with E-state index in [0.29, 0.717) is 17.5 Å². The van der Waals surface area contributed by atoms with Gasteiger partial charge in [0.25, 0.3) is 0 Å². The van der Waals surface area contributed by atoms with Crippen LogP contribution in [0.1, 0.15) is 0 Å². The van der Waals surface area contributed by atoms with Crippen LogP contribution in [0.4, 0.5) is 0 Å². The van der Waals surface area contributed by atoms with Gasteiger partial charge in [-0.3, -0.25) is 0 Å². The van der Waals surface area contributed by atoms with Crippen molar-refractivity contribution in [3.05, 3.63) is 182 Å². The molecule has 59 heavy (non-hydrogen) atoms. The van der Waals surface area contributed by atoms with Crippen LogP contribution in [0, 0.1) is 0 Å². The number of furan rings is 2. The molecular formula is C53H30N4O2. The summed E-state index contributed by atoms with van der Waals surface area (Å²) in [6.45, 7) is 0. The molecule has 0 amide bonds. The smallest absolute Gasteiger partial charge is 0.164 e. The molecule has 0 bridgehead atoms. The molecule has 13 aromatic rings. The average molecular weight is 755 g/mol. The summed E-state index contributed by atoms with van der Waals surface area (Å²) < 4.78 is 15.6. The second-order valence-corrected chi connectivity index (χ2v) is 15.1. The maximum atomic E-state index is 6.93. The minimum atomic E-state index is 0.555. The molecule has 274 valence electrons. The van der Waals surface area contributed by atoms with Gasteiger partial charge in [-0.15, -0.1) is 0 Å². The fourth-order valence-corrected chi connectivity index (χ4v) is 9.21. The summed E-state index contributed by atoms with van der Waals surface area (Å²) in [5.41, 5.74) is 8.97. The molecule has 0 saturated heterocycles. The van der Waals surface area contributed by atoms with E-state index in [0.717, 1.165) is 88.1 Å². The van der Waals surface area contributed by atoms with Crippen molar-refractivity contribution >= 4 is 87.2 Å². The summed E-state index contributed by atoms with van der Waals surface area (Å²) in [7, 11) is 0. The van der Waals surface area contributed by atoms with E-state index >= 15 is 0 Å². The number of fused-ring (bicyclic) bond motifs is 11. The summed E-state index contributed by atoms with van der Waals surface area (Å²) in [4.78, 5) is 16.0. The van der Waals surface area contributed by atoms with Crippen molar-refractivity contribution in [1.29, 1.82) is 0 Å². The largest absolute Gasteiger partial charge is 0.456 e.